The molecule has 2 aromatic rings. The summed E-state index contributed by atoms with van der Waals surface area (Å²) in [6.45, 7) is 1.97. The fraction of sp³-hybridized carbons (Fsp3) is 0.200. The van der Waals surface area contributed by atoms with Gasteiger partial charge in [-0.3, -0.25) is 4.79 Å². The van der Waals surface area contributed by atoms with Crippen LogP contribution in [0.4, 0.5) is 0 Å². The van der Waals surface area contributed by atoms with Gasteiger partial charge in [-0.2, -0.15) is 5.10 Å². The van der Waals surface area contributed by atoms with Crippen LogP contribution in [0, 0.1) is 0 Å². The molecule has 2 rings (SSSR count). The Kier molecular flexibility index (Phi) is 4.90. The van der Waals surface area contributed by atoms with Gasteiger partial charge >= 0.3 is 0 Å². The molecule has 0 unspecified atom stereocenters. The lowest BCUT2D eigenvalue weighted by Crippen LogP contribution is -2.21. The van der Waals surface area contributed by atoms with E-state index in [-0.39, 0.29) is 11.7 Å². The van der Waals surface area contributed by atoms with Crippen molar-refractivity contribution in [1.29, 1.82) is 0 Å². The minimum atomic E-state index is -0.128. The molecule has 1 aromatic carbocycles. The molecular weight excluding hydrogens is 272 g/mol. The van der Waals surface area contributed by atoms with E-state index in [9.17, 15) is 9.90 Å². The zero-order chi connectivity index (χ0) is 14.4. The zero-order valence-electron chi connectivity index (χ0n) is 11.2. The fourth-order valence-corrected chi connectivity index (χ4v) is 2.45. The molecule has 1 heterocycles. The van der Waals surface area contributed by atoms with E-state index in [2.05, 4.69) is 10.5 Å². The van der Waals surface area contributed by atoms with Gasteiger partial charge in [0.1, 0.15) is 5.75 Å². The zero-order valence-corrected chi connectivity index (χ0v) is 12.0. The molecule has 2 N–H and O–H groups in total. The van der Waals surface area contributed by atoms with E-state index in [0.717, 1.165) is 16.2 Å². The third kappa shape index (κ3) is 3.93. The minimum absolute atomic E-state index is 0.128. The standard InChI is InChI=1S/C15H16N2O2S/c1-2-14(11-5-7-12(18)8-6-11)16-17-15(19)10-13-4-3-9-20-13/h3-9,18H,2,10H2,1H3,(H,17,19). The number of carbonyl (C=O) groups is 1. The molecule has 5 heteroatoms. The average molecular weight is 288 g/mol. The number of hydrogen-bond donors (Lipinski definition) is 2. The van der Waals surface area contributed by atoms with Crippen LogP contribution in [0.3, 0.4) is 0 Å². The summed E-state index contributed by atoms with van der Waals surface area (Å²) < 4.78 is 0. The first-order valence-corrected chi connectivity index (χ1v) is 7.24. The molecule has 4 nitrogen and oxygen atoms in total. The van der Waals surface area contributed by atoms with Gasteiger partial charge in [0.25, 0.3) is 0 Å². The quantitative estimate of drug-likeness (QED) is 0.656. The molecule has 0 aliphatic rings. The van der Waals surface area contributed by atoms with Crippen LogP contribution < -0.4 is 5.43 Å². The van der Waals surface area contributed by atoms with E-state index in [1.54, 1.807) is 35.6 Å². The van der Waals surface area contributed by atoms with Crippen molar-refractivity contribution in [3.05, 3.63) is 52.2 Å². The highest BCUT2D eigenvalue weighted by Gasteiger charge is 2.05. The van der Waals surface area contributed by atoms with Gasteiger partial charge in [-0.1, -0.05) is 13.0 Å². The van der Waals surface area contributed by atoms with E-state index >= 15 is 0 Å². The second kappa shape index (κ2) is 6.86. The number of phenols is 1. The van der Waals surface area contributed by atoms with Gasteiger partial charge in [0, 0.05) is 4.88 Å². The topological polar surface area (TPSA) is 61.7 Å². The summed E-state index contributed by atoms with van der Waals surface area (Å²) in [5, 5.41) is 15.4. The first-order valence-electron chi connectivity index (χ1n) is 6.36. The summed E-state index contributed by atoms with van der Waals surface area (Å²) in [5.41, 5.74) is 4.25. The highest BCUT2D eigenvalue weighted by molar-refractivity contribution is 7.10. The molecule has 0 atom stereocenters. The normalized spacial score (nSPS) is 11.3. The number of amides is 1. The van der Waals surface area contributed by atoms with Crippen molar-refractivity contribution in [2.45, 2.75) is 19.8 Å². The molecular formula is C15H16N2O2S. The Balaban J connectivity index is 2.00. The third-order valence-electron chi connectivity index (χ3n) is 2.77. The number of rotatable bonds is 5. The third-order valence-corrected chi connectivity index (χ3v) is 3.64. The largest absolute Gasteiger partial charge is 0.508 e. The predicted octanol–water partition coefficient (Wildman–Crippen LogP) is 2.93. The molecule has 0 aliphatic heterocycles. The Labute approximate surface area is 121 Å². The van der Waals surface area contributed by atoms with Crippen LogP contribution in [0.5, 0.6) is 5.75 Å². The van der Waals surface area contributed by atoms with Crippen molar-refractivity contribution in [2.24, 2.45) is 5.10 Å². The van der Waals surface area contributed by atoms with Crippen LogP contribution in [-0.4, -0.2) is 16.7 Å². The number of carbonyl (C=O) groups excluding carboxylic acids is 1. The highest BCUT2D eigenvalue weighted by atomic mass is 32.1. The van der Waals surface area contributed by atoms with Gasteiger partial charge in [0.05, 0.1) is 12.1 Å². The number of nitrogens with zero attached hydrogens (tertiary/aromatic N) is 1. The molecule has 104 valence electrons. The molecule has 0 aliphatic carbocycles. The number of benzene rings is 1. The van der Waals surface area contributed by atoms with Crippen LogP contribution in [0.2, 0.25) is 0 Å². The van der Waals surface area contributed by atoms with E-state index in [1.807, 2.05) is 24.4 Å². The van der Waals surface area contributed by atoms with E-state index in [4.69, 9.17) is 0 Å². The molecule has 1 aromatic heterocycles. The lowest BCUT2D eigenvalue weighted by molar-refractivity contribution is -0.120. The van der Waals surface area contributed by atoms with Gasteiger partial charge in [-0.05, 0) is 47.7 Å². The fourth-order valence-electron chi connectivity index (χ4n) is 1.74. The molecule has 0 bridgehead atoms. The highest BCUT2D eigenvalue weighted by Crippen LogP contribution is 2.12. The summed E-state index contributed by atoms with van der Waals surface area (Å²) in [6, 6.07) is 10.6. The predicted molar refractivity (Wildman–Crippen MR) is 81.1 cm³/mol. The first-order chi connectivity index (χ1) is 9.69. The maximum Gasteiger partial charge on any atom is 0.245 e. The van der Waals surface area contributed by atoms with Crippen LogP contribution in [0.25, 0.3) is 0 Å². The number of hydrogen-bond acceptors (Lipinski definition) is 4. The van der Waals surface area contributed by atoms with Crippen LogP contribution in [-0.2, 0) is 11.2 Å². The van der Waals surface area contributed by atoms with Crippen molar-refractivity contribution >= 4 is 23.0 Å². The lowest BCUT2D eigenvalue weighted by atomic mass is 10.1. The summed E-state index contributed by atoms with van der Waals surface area (Å²) in [4.78, 5) is 12.8. The Morgan fingerprint density at radius 1 is 1.30 bits per heavy atom. The molecule has 0 saturated carbocycles. The minimum Gasteiger partial charge on any atom is -0.508 e. The van der Waals surface area contributed by atoms with Crippen molar-refractivity contribution < 1.29 is 9.90 Å². The number of aromatic hydroxyl groups is 1. The van der Waals surface area contributed by atoms with Crippen LogP contribution >= 0.6 is 11.3 Å². The Bertz CT molecular complexity index is 589. The molecule has 1 amide bonds. The van der Waals surface area contributed by atoms with E-state index < -0.39 is 0 Å². The van der Waals surface area contributed by atoms with Crippen LogP contribution in [0.15, 0.2) is 46.9 Å². The van der Waals surface area contributed by atoms with Gasteiger partial charge < -0.3 is 5.11 Å². The van der Waals surface area contributed by atoms with Gasteiger partial charge in [0.15, 0.2) is 0 Å². The monoisotopic (exact) mass is 288 g/mol. The maximum atomic E-state index is 11.8. The first kappa shape index (κ1) is 14.3. The summed E-state index contributed by atoms with van der Waals surface area (Å²) in [7, 11) is 0. The smallest absolute Gasteiger partial charge is 0.245 e. The maximum absolute atomic E-state index is 11.8. The Morgan fingerprint density at radius 2 is 2.05 bits per heavy atom. The number of phenolic OH excluding ortho intramolecular Hbond substituents is 1. The SMILES string of the molecule is CCC(=NNC(=O)Cc1cccs1)c1ccc(O)cc1. The van der Waals surface area contributed by atoms with Crippen molar-refractivity contribution in [3.8, 4) is 5.75 Å². The molecule has 0 fully saturated rings. The number of nitrogens with one attached hydrogen (secondary N) is 1. The molecule has 0 radical (unpaired) electrons. The Hall–Kier alpha value is -2.14. The van der Waals surface area contributed by atoms with Crippen molar-refractivity contribution in [3.63, 3.8) is 0 Å². The Morgan fingerprint density at radius 3 is 2.65 bits per heavy atom. The summed E-state index contributed by atoms with van der Waals surface area (Å²) >= 11 is 1.55. The molecule has 20 heavy (non-hydrogen) atoms. The van der Waals surface area contributed by atoms with E-state index in [0.29, 0.717) is 12.8 Å². The number of hydrazone groups is 1. The number of thiophene rings is 1. The second-order valence-electron chi connectivity index (χ2n) is 4.25. The van der Waals surface area contributed by atoms with E-state index in [1.165, 1.54) is 0 Å². The van der Waals surface area contributed by atoms with Crippen LogP contribution in [0.1, 0.15) is 23.8 Å². The molecule has 0 spiro atoms. The lowest BCUT2D eigenvalue weighted by Gasteiger charge is -2.05. The van der Waals surface area contributed by atoms with Crippen molar-refractivity contribution in [2.75, 3.05) is 0 Å². The molecule has 0 saturated heterocycles. The summed E-state index contributed by atoms with van der Waals surface area (Å²) in [5.74, 6) is 0.0862. The second-order valence-corrected chi connectivity index (χ2v) is 5.28. The average Bonchev–Trinajstić information content (AvgIpc) is 2.94. The van der Waals surface area contributed by atoms with Gasteiger partial charge in [-0.25, -0.2) is 5.43 Å². The van der Waals surface area contributed by atoms with Gasteiger partial charge in [-0.15, -0.1) is 11.3 Å². The van der Waals surface area contributed by atoms with Crippen molar-refractivity contribution in [1.82, 2.24) is 5.43 Å². The summed E-state index contributed by atoms with van der Waals surface area (Å²) in [6.07, 6.45) is 1.04. The van der Waals surface area contributed by atoms with Gasteiger partial charge in [0.2, 0.25) is 5.91 Å².